The fraction of sp³-hybridized carbons (Fsp3) is 0.769. The number of nitrogens with one attached hydrogen (secondary N) is 1. The van der Waals surface area contributed by atoms with Crippen LogP contribution in [0.4, 0.5) is 0 Å². The summed E-state index contributed by atoms with van der Waals surface area (Å²) >= 11 is 1.47. The van der Waals surface area contributed by atoms with Gasteiger partial charge in [0.15, 0.2) is 0 Å². The van der Waals surface area contributed by atoms with Crippen LogP contribution in [0, 0.1) is 0 Å². The van der Waals surface area contributed by atoms with Crippen LogP contribution >= 0.6 is 11.8 Å². The molecule has 2 N–H and O–H groups in total. The topological polar surface area (TPSA) is 86.7 Å². The largest absolute Gasteiger partial charge is 0.480 e. The Morgan fingerprint density at radius 2 is 1.85 bits per heavy atom. The van der Waals surface area contributed by atoms with Gasteiger partial charge in [-0.3, -0.25) is 9.59 Å². The standard InChI is InChI=1S/C13H24N2O4S/c1-9(12(18)19)15(7-6-14-10(2)16)11(17)8-20-13(3,4)5/h9H,6-8H2,1-5H3,(H,14,16)(H,18,19). The van der Waals surface area contributed by atoms with Crippen LogP contribution in [0.5, 0.6) is 0 Å². The van der Waals surface area contributed by atoms with Crippen molar-refractivity contribution in [2.45, 2.75) is 45.4 Å². The second kappa shape index (κ2) is 8.14. The van der Waals surface area contributed by atoms with Crippen LogP contribution in [0.2, 0.25) is 0 Å². The minimum Gasteiger partial charge on any atom is -0.480 e. The lowest BCUT2D eigenvalue weighted by molar-refractivity contribution is -0.148. The summed E-state index contributed by atoms with van der Waals surface area (Å²) < 4.78 is -0.0641. The summed E-state index contributed by atoms with van der Waals surface area (Å²) in [5, 5.41) is 11.6. The number of carboxylic acid groups (broad SMARTS) is 1. The van der Waals surface area contributed by atoms with Crippen LogP contribution in [0.1, 0.15) is 34.6 Å². The summed E-state index contributed by atoms with van der Waals surface area (Å²) in [6.07, 6.45) is 0. The summed E-state index contributed by atoms with van der Waals surface area (Å²) in [4.78, 5) is 35.3. The Bertz CT molecular complexity index is 366. The van der Waals surface area contributed by atoms with Crippen molar-refractivity contribution in [2.24, 2.45) is 0 Å². The summed E-state index contributed by atoms with van der Waals surface area (Å²) in [7, 11) is 0. The van der Waals surface area contributed by atoms with E-state index in [2.05, 4.69) is 5.32 Å². The zero-order valence-corrected chi connectivity index (χ0v) is 13.5. The van der Waals surface area contributed by atoms with Crippen LogP contribution in [0.15, 0.2) is 0 Å². The molecule has 0 saturated heterocycles. The maximum absolute atomic E-state index is 12.1. The van der Waals surface area contributed by atoms with Gasteiger partial charge in [-0.25, -0.2) is 4.79 Å². The first kappa shape index (κ1) is 18.8. The van der Waals surface area contributed by atoms with Gasteiger partial charge >= 0.3 is 5.97 Å². The highest BCUT2D eigenvalue weighted by atomic mass is 32.2. The summed E-state index contributed by atoms with van der Waals surface area (Å²) in [6, 6.07) is -0.906. The number of hydrogen-bond donors (Lipinski definition) is 2. The van der Waals surface area contributed by atoms with Crippen molar-refractivity contribution >= 4 is 29.5 Å². The molecule has 0 aliphatic rings. The molecule has 0 spiro atoms. The molecule has 20 heavy (non-hydrogen) atoms. The Hall–Kier alpha value is -1.24. The molecule has 0 aromatic rings. The van der Waals surface area contributed by atoms with Gasteiger partial charge in [0.2, 0.25) is 11.8 Å². The van der Waals surface area contributed by atoms with Gasteiger partial charge in [-0.05, 0) is 6.92 Å². The summed E-state index contributed by atoms with van der Waals surface area (Å²) in [5.74, 6) is -1.27. The predicted molar refractivity (Wildman–Crippen MR) is 79.7 cm³/mol. The van der Waals surface area contributed by atoms with Crippen LogP contribution in [-0.2, 0) is 14.4 Å². The number of carboxylic acids is 1. The number of hydrogen-bond acceptors (Lipinski definition) is 4. The first-order valence-corrected chi connectivity index (χ1v) is 7.44. The van der Waals surface area contributed by atoms with Crippen molar-refractivity contribution in [3.8, 4) is 0 Å². The van der Waals surface area contributed by atoms with Gasteiger partial charge in [-0.2, -0.15) is 0 Å². The smallest absolute Gasteiger partial charge is 0.326 e. The van der Waals surface area contributed by atoms with Crippen molar-refractivity contribution in [3.05, 3.63) is 0 Å². The van der Waals surface area contributed by atoms with E-state index in [4.69, 9.17) is 5.11 Å². The van der Waals surface area contributed by atoms with Crippen molar-refractivity contribution in [1.29, 1.82) is 0 Å². The normalized spacial score (nSPS) is 12.7. The van der Waals surface area contributed by atoms with E-state index in [0.29, 0.717) is 0 Å². The summed E-state index contributed by atoms with van der Waals surface area (Å²) in [5.41, 5.74) is 0. The molecule has 7 heteroatoms. The average Bonchev–Trinajstić information content (AvgIpc) is 2.29. The average molecular weight is 304 g/mol. The molecule has 0 aliphatic carbocycles. The molecule has 1 unspecified atom stereocenters. The SMILES string of the molecule is CC(=O)NCCN(C(=O)CSC(C)(C)C)C(C)C(=O)O. The van der Waals surface area contributed by atoms with E-state index < -0.39 is 12.0 Å². The quantitative estimate of drug-likeness (QED) is 0.731. The second-order valence-corrected chi connectivity index (χ2v) is 7.29. The Labute approximate surface area is 124 Å². The van der Waals surface area contributed by atoms with Crippen LogP contribution in [-0.4, -0.2) is 57.4 Å². The first-order valence-electron chi connectivity index (χ1n) is 6.45. The minimum atomic E-state index is -1.05. The third-order valence-electron chi connectivity index (χ3n) is 2.50. The third-order valence-corrected chi connectivity index (χ3v) is 3.76. The van der Waals surface area contributed by atoms with E-state index in [1.165, 1.54) is 30.5 Å². The highest BCUT2D eigenvalue weighted by Crippen LogP contribution is 2.23. The maximum Gasteiger partial charge on any atom is 0.326 e. The van der Waals surface area contributed by atoms with Crippen LogP contribution in [0.25, 0.3) is 0 Å². The molecular weight excluding hydrogens is 280 g/mol. The van der Waals surface area contributed by atoms with Gasteiger partial charge in [0, 0.05) is 24.8 Å². The van der Waals surface area contributed by atoms with Gasteiger partial charge in [0.1, 0.15) is 6.04 Å². The zero-order valence-electron chi connectivity index (χ0n) is 12.7. The van der Waals surface area contributed by atoms with Crippen molar-refractivity contribution in [1.82, 2.24) is 10.2 Å². The van der Waals surface area contributed by atoms with Crippen molar-refractivity contribution in [3.63, 3.8) is 0 Å². The van der Waals surface area contributed by atoms with E-state index >= 15 is 0 Å². The van der Waals surface area contributed by atoms with E-state index in [1.807, 2.05) is 20.8 Å². The fourth-order valence-corrected chi connectivity index (χ4v) is 2.10. The Balaban J connectivity index is 4.62. The van der Waals surface area contributed by atoms with E-state index in [1.54, 1.807) is 0 Å². The molecule has 0 aromatic heterocycles. The number of thioether (sulfide) groups is 1. The Kier molecular flexibility index (Phi) is 7.63. The maximum atomic E-state index is 12.1. The lowest BCUT2D eigenvalue weighted by atomic mass is 10.2. The molecule has 0 bridgehead atoms. The van der Waals surface area contributed by atoms with Crippen LogP contribution in [0.3, 0.4) is 0 Å². The molecule has 0 saturated carbocycles. The van der Waals surface area contributed by atoms with E-state index in [9.17, 15) is 14.4 Å². The van der Waals surface area contributed by atoms with E-state index in [0.717, 1.165) is 0 Å². The van der Waals surface area contributed by atoms with Gasteiger partial charge < -0.3 is 15.3 Å². The molecule has 0 aliphatic heterocycles. The van der Waals surface area contributed by atoms with Crippen molar-refractivity contribution < 1.29 is 19.5 Å². The molecule has 0 rings (SSSR count). The number of carbonyl (C=O) groups is 3. The number of amides is 2. The van der Waals surface area contributed by atoms with Crippen LogP contribution < -0.4 is 5.32 Å². The number of carbonyl (C=O) groups excluding carboxylic acids is 2. The van der Waals surface area contributed by atoms with Gasteiger partial charge in [-0.15, -0.1) is 11.8 Å². The molecule has 0 radical (unpaired) electrons. The predicted octanol–water partition coefficient (Wildman–Crippen LogP) is 0.956. The monoisotopic (exact) mass is 304 g/mol. The number of rotatable bonds is 7. The molecule has 1 atom stereocenters. The zero-order chi connectivity index (χ0) is 15.9. The molecule has 2 amide bonds. The molecule has 0 heterocycles. The minimum absolute atomic E-state index is 0.0641. The van der Waals surface area contributed by atoms with Gasteiger partial charge in [-0.1, -0.05) is 20.8 Å². The Morgan fingerprint density at radius 3 is 2.25 bits per heavy atom. The molecular formula is C13H24N2O4S. The lowest BCUT2D eigenvalue weighted by Gasteiger charge is -2.28. The third kappa shape index (κ3) is 8.04. The Morgan fingerprint density at radius 1 is 1.30 bits per heavy atom. The fourth-order valence-electron chi connectivity index (χ4n) is 1.38. The second-order valence-electron chi connectivity index (χ2n) is 5.49. The number of aliphatic carboxylic acids is 1. The molecule has 0 fully saturated rings. The highest BCUT2D eigenvalue weighted by molar-refractivity contribution is 8.01. The molecule has 6 nitrogen and oxygen atoms in total. The summed E-state index contributed by atoms with van der Waals surface area (Å²) in [6.45, 7) is 9.26. The molecule has 0 aromatic carbocycles. The lowest BCUT2D eigenvalue weighted by Crippen LogP contribution is -2.47. The van der Waals surface area contributed by atoms with E-state index in [-0.39, 0.29) is 35.4 Å². The van der Waals surface area contributed by atoms with Crippen molar-refractivity contribution in [2.75, 3.05) is 18.8 Å². The number of nitrogens with zero attached hydrogens (tertiary/aromatic N) is 1. The first-order chi connectivity index (χ1) is 9.04. The highest BCUT2D eigenvalue weighted by Gasteiger charge is 2.26. The molecule has 116 valence electrons. The van der Waals surface area contributed by atoms with Gasteiger partial charge in [0.25, 0.3) is 0 Å². The van der Waals surface area contributed by atoms with Gasteiger partial charge in [0.05, 0.1) is 5.75 Å².